The van der Waals surface area contributed by atoms with E-state index < -0.39 is 11.9 Å². The first kappa shape index (κ1) is 13.7. The van der Waals surface area contributed by atoms with Crippen LogP contribution in [-0.2, 0) is 0 Å². The Kier molecular flexibility index (Phi) is 5.45. The monoisotopic (exact) mass is 255 g/mol. The van der Waals surface area contributed by atoms with Crippen molar-refractivity contribution in [3.05, 3.63) is 46.2 Å². The zero-order valence-electron chi connectivity index (χ0n) is 7.14. The summed E-state index contributed by atoms with van der Waals surface area (Å²) in [7, 11) is 0. The minimum Gasteiger partial charge on any atom is -0.321 e. The molecule has 0 aliphatic heterocycles. The summed E-state index contributed by atoms with van der Waals surface area (Å²) in [6.45, 7) is 3.46. The molecule has 0 aliphatic rings. The molecule has 5 heteroatoms. The van der Waals surface area contributed by atoms with Crippen molar-refractivity contribution in [3.63, 3.8) is 0 Å². The number of hydrogen-bond donors (Lipinski definition) is 1. The lowest BCUT2D eigenvalue weighted by atomic mass is 10.1. The molecule has 14 heavy (non-hydrogen) atoms. The summed E-state index contributed by atoms with van der Waals surface area (Å²) in [4.78, 5) is 0. The molecule has 0 spiro atoms. The van der Waals surface area contributed by atoms with Gasteiger partial charge in [0.25, 0.3) is 0 Å². The van der Waals surface area contributed by atoms with Crippen LogP contribution in [0.25, 0.3) is 0 Å². The lowest BCUT2D eigenvalue weighted by molar-refractivity contribution is 0.603. The number of nitrogens with two attached hydrogens (primary N) is 1. The van der Waals surface area contributed by atoms with Gasteiger partial charge in [0, 0.05) is 10.6 Å². The van der Waals surface area contributed by atoms with Gasteiger partial charge in [0.05, 0.1) is 11.1 Å². The van der Waals surface area contributed by atoms with E-state index in [0.717, 1.165) is 0 Å². The lowest BCUT2D eigenvalue weighted by Gasteiger charge is -2.10. The average molecular weight is 257 g/mol. The van der Waals surface area contributed by atoms with Gasteiger partial charge in [-0.3, -0.25) is 0 Å². The van der Waals surface area contributed by atoms with Gasteiger partial charge < -0.3 is 5.73 Å². The lowest BCUT2D eigenvalue weighted by Crippen LogP contribution is -2.09. The molecule has 1 aromatic rings. The summed E-state index contributed by atoms with van der Waals surface area (Å²) in [6, 6.07) is 2.26. The molecule has 1 aromatic carbocycles. The fourth-order valence-electron chi connectivity index (χ4n) is 0.966. The molecular formula is C9H9Cl3FN. The third-order valence-electron chi connectivity index (χ3n) is 1.67. The zero-order chi connectivity index (χ0) is 10.0. The van der Waals surface area contributed by atoms with Gasteiger partial charge in [-0.15, -0.1) is 19.0 Å². The van der Waals surface area contributed by atoms with Crippen LogP contribution in [0.3, 0.4) is 0 Å². The van der Waals surface area contributed by atoms with Crippen LogP contribution in [-0.4, -0.2) is 0 Å². The molecule has 2 N–H and O–H groups in total. The number of halogens is 4. The molecule has 0 bridgehead atoms. The van der Waals surface area contributed by atoms with Crippen molar-refractivity contribution in [2.45, 2.75) is 6.04 Å². The Bertz CT molecular complexity index is 341. The highest BCUT2D eigenvalue weighted by Crippen LogP contribution is 2.29. The van der Waals surface area contributed by atoms with Crippen LogP contribution < -0.4 is 5.73 Å². The van der Waals surface area contributed by atoms with Crippen LogP contribution in [0, 0.1) is 5.82 Å². The Balaban J connectivity index is 0.00000169. The van der Waals surface area contributed by atoms with Gasteiger partial charge in [0.15, 0.2) is 0 Å². The van der Waals surface area contributed by atoms with Gasteiger partial charge in [0.2, 0.25) is 0 Å². The number of rotatable bonds is 2. The molecule has 1 atom stereocenters. The molecule has 78 valence electrons. The molecule has 0 aliphatic carbocycles. The summed E-state index contributed by atoms with van der Waals surface area (Å²) in [5, 5.41) is 0.269. The Labute approximate surface area is 98.1 Å². The molecule has 0 saturated carbocycles. The number of hydrogen-bond acceptors (Lipinski definition) is 1. The second-order valence-electron chi connectivity index (χ2n) is 2.52. The summed E-state index contributed by atoms with van der Waals surface area (Å²) < 4.78 is 13.4. The Morgan fingerprint density at radius 2 is 1.86 bits per heavy atom. The highest BCUT2D eigenvalue weighted by atomic mass is 35.5. The van der Waals surface area contributed by atoms with E-state index in [1.165, 1.54) is 18.2 Å². The first-order valence-corrected chi connectivity index (χ1v) is 4.35. The molecule has 0 fully saturated rings. The van der Waals surface area contributed by atoms with Crippen molar-refractivity contribution >= 4 is 35.6 Å². The van der Waals surface area contributed by atoms with Crippen molar-refractivity contribution < 1.29 is 4.39 Å². The predicted molar refractivity (Wildman–Crippen MR) is 60.8 cm³/mol. The Morgan fingerprint density at radius 3 is 2.36 bits per heavy atom. The molecule has 0 unspecified atom stereocenters. The molecule has 0 aromatic heterocycles. The first-order chi connectivity index (χ1) is 6.07. The van der Waals surface area contributed by atoms with Crippen molar-refractivity contribution in [1.29, 1.82) is 0 Å². The van der Waals surface area contributed by atoms with E-state index in [9.17, 15) is 4.39 Å². The summed E-state index contributed by atoms with van der Waals surface area (Å²) >= 11 is 11.3. The van der Waals surface area contributed by atoms with Gasteiger partial charge in [0.1, 0.15) is 5.82 Å². The molecule has 0 heterocycles. The second-order valence-corrected chi connectivity index (χ2v) is 3.33. The highest BCUT2D eigenvalue weighted by molar-refractivity contribution is 6.33. The van der Waals surface area contributed by atoms with Crippen LogP contribution in [0.5, 0.6) is 0 Å². The van der Waals surface area contributed by atoms with Gasteiger partial charge >= 0.3 is 0 Å². The van der Waals surface area contributed by atoms with E-state index >= 15 is 0 Å². The van der Waals surface area contributed by atoms with Gasteiger partial charge in [-0.05, 0) is 12.1 Å². The SMILES string of the molecule is C=C[C@@H](N)c1c(Cl)ccc(Cl)c1F.Cl. The molecule has 0 amide bonds. The summed E-state index contributed by atoms with van der Waals surface area (Å²) in [6.07, 6.45) is 1.40. The molecule has 0 saturated heterocycles. The first-order valence-electron chi connectivity index (χ1n) is 3.59. The summed E-state index contributed by atoms with van der Waals surface area (Å²) in [5.74, 6) is -0.582. The zero-order valence-corrected chi connectivity index (χ0v) is 9.46. The second kappa shape index (κ2) is 5.56. The number of benzene rings is 1. The van der Waals surface area contributed by atoms with Gasteiger partial charge in [-0.1, -0.05) is 29.3 Å². The maximum Gasteiger partial charge on any atom is 0.148 e. The summed E-state index contributed by atoms with van der Waals surface area (Å²) in [5.41, 5.74) is 5.75. The topological polar surface area (TPSA) is 26.0 Å². The van der Waals surface area contributed by atoms with E-state index in [1.54, 1.807) is 0 Å². The maximum atomic E-state index is 13.4. The fraction of sp³-hybridized carbons (Fsp3) is 0.111. The smallest absolute Gasteiger partial charge is 0.148 e. The van der Waals surface area contributed by atoms with Crippen LogP contribution >= 0.6 is 35.6 Å². The van der Waals surface area contributed by atoms with Gasteiger partial charge in [-0.2, -0.15) is 0 Å². The quantitative estimate of drug-likeness (QED) is 0.633. The normalized spacial score (nSPS) is 11.7. The van der Waals surface area contributed by atoms with Crippen LogP contribution in [0.1, 0.15) is 11.6 Å². The van der Waals surface area contributed by atoms with E-state index in [0.29, 0.717) is 0 Å². The minimum absolute atomic E-state index is 0. The van der Waals surface area contributed by atoms with E-state index in [4.69, 9.17) is 28.9 Å². The van der Waals surface area contributed by atoms with Crippen LogP contribution in [0.4, 0.5) is 4.39 Å². The van der Waals surface area contributed by atoms with E-state index in [-0.39, 0.29) is 28.0 Å². The van der Waals surface area contributed by atoms with Crippen LogP contribution in [0.2, 0.25) is 10.0 Å². The van der Waals surface area contributed by atoms with E-state index in [2.05, 4.69) is 6.58 Å². The predicted octanol–water partition coefficient (Wildman–Crippen LogP) is 3.74. The van der Waals surface area contributed by atoms with Crippen molar-refractivity contribution in [2.75, 3.05) is 0 Å². The van der Waals surface area contributed by atoms with Gasteiger partial charge in [-0.25, -0.2) is 4.39 Å². The molecule has 0 radical (unpaired) electrons. The Morgan fingerprint density at radius 1 is 1.36 bits per heavy atom. The van der Waals surface area contributed by atoms with E-state index in [1.807, 2.05) is 0 Å². The molecular weight excluding hydrogens is 247 g/mol. The van der Waals surface area contributed by atoms with Crippen molar-refractivity contribution in [2.24, 2.45) is 5.73 Å². The third-order valence-corrected chi connectivity index (χ3v) is 2.29. The van der Waals surface area contributed by atoms with Crippen molar-refractivity contribution in [1.82, 2.24) is 0 Å². The average Bonchev–Trinajstić information content (AvgIpc) is 2.12. The third kappa shape index (κ3) is 2.61. The Hall–Kier alpha value is -0.280. The minimum atomic E-state index is -0.633. The fourth-order valence-corrected chi connectivity index (χ4v) is 1.40. The maximum absolute atomic E-state index is 13.4. The van der Waals surface area contributed by atoms with Crippen LogP contribution in [0.15, 0.2) is 24.8 Å². The molecule has 1 nitrogen and oxygen atoms in total. The molecule has 1 rings (SSSR count). The van der Waals surface area contributed by atoms with Crippen molar-refractivity contribution in [3.8, 4) is 0 Å². The standard InChI is InChI=1S/C9H8Cl2FN.ClH/c1-2-7(13)8-5(10)3-4-6(11)9(8)12;/h2-4,7H,1,13H2;1H/t7-;/m1./s1. The largest absolute Gasteiger partial charge is 0.321 e. The highest BCUT2D eigenvalue weighted by Gasteiger charge is 2.15.